The maximum Gasteiger partial charge on any atom is 0.119 e. The van der Waals surface area contributed by atoms with Gasteiger partial charge in [-0.1, -0.05) is 15.9 Å². The first-order valence-corrected chi connectivity index (χ1v) is 6.90. The summed E-state index contributed by atoms with van der Waals surface area (Å²) in [6, 6.07) is 7.76. The fraction of sp³-hybridized carbons (Fsp3) is 0.538. The molecule has 1 saturated heterocycles. The lowest BCUT2D eigenvalue weighted by atomic mass is 10.3. The Morgan fingerprint density at radius 3 is 2.89 bits per heavy atom. The van der Waals surface area contributed by atoms with Crippen LogP contribution < -0.4 is 4.74 Å². The first-order chi connectivity index (χ1) is 8.78. The molecule has 5 heteroatoms. The molecular formula is C13H18BrNO3. The fourth-order valence-electron chi connectivity index (χ4n) is 1.95. The standard InChI is InChI=1S/C13H18BrNO3/c14-11-1-3-12(4-2-11)18-10-13-9-15(5-7-16)6-8-17-13/h1-4,13,16H,5-10H2/t13-/m1/s1. The number of morpholine rings is 1. The number of halogens is 1. The molecule has 0 spiro atoms. The zero-order chi connectivity index (χ0) is 12.8. The largest absolute Gasteiger partial charge is 0.491 e. The minimum Gasteiger partial charge on any atom is -0.491 e. The summed E-state index contributed by atoms with van der Waals surface area (Å²) < 4.78 is 12.4. The molecule has 1 aliphatic heterocycles. The van der Waals surface area contributed by atoms with Crippen molar-refractivity contribution in [1.82, 2.24) is 4.90 Å². The second-order valence-electron chi connectivity index (χ2n) is 4.28. The van der Waals surface area contributed by atoms with Gasteiger partial charge in [0.2, 0.25) is 0 Å². The van der Waals surface area contributed by atoms with E-state index in [9.17, 15) is 0 Å². The molecule has 0 aliphatic carbocycles. The zero-order valence-corrected chi connectivity index (χ0v) is 11.8. The molecule has 100 valence electrons. The van der Waals surface area contributed by atoms with E-state index in [-0.39, 0.29) is 12.7 Å². The van der Waals surface area contributed by atoms with Crippen LogP contribution in [0.25, 0.3) is 0 Å². The second kappa shape index (κ2) is 7.09. The predicted octanol–water partition coefficient (Wildman–Crippen LogP) is 1.52. The van der Waals surface area contributed by atoms with Crippen LogP contribution in [0, 0.1) is 0 Å². The molecular weight excluding hydrogens is 298 g/mol. The summed E-state index contributed by atoms with van der Waals surface area (Å²) in [6.45, 7) is 3.85. The van der Waals surface area contributed by atoms with Gasteiger partial charge in [-0.05, 0) is 24.3 Å². The van der Waals surface area contributed by atoms with Crippen LogP contribution in [-0.2, 0) is 4.74 Å². The van der Waals surface area contributed by atoms with Gasteiger partial charge in [0, 0.05) is 24.1 Å². The van der Waals surface area contributed by atoms with Gasteiger partial charge in [0.25, 0.3) is 0 Å². The lowest BCUT2D eigenvalue weighted by Gasteiger charge is -2.32. The van der Waals surface area contributed by atoms with Gasteiger partial charge in [-0.25, -0.2) is 0 Å². The third kappa shape index (κ3) is 4.24. The van der Waals surface area contributed by atoms with Gasteiger partial charge in [0.1, 0.15) is 18.5 Å². The molecule has 18 heavy (non-hydrogen) atoms. The molecule has 0 aromatic heterocycles. The summed E-state index contributed by atoms with van der Waals surface area (Å²) >= 11 is 3.39. The summed E-state index contributed by atoms with van der Waals surface area (Å²) in [5.74, 6) is 0.848. The third-order valence-electron chi connectivity index (χ3n) is 2.89. The highest BCUT2D eigenvalue weighted by molar-refractivity contribution is 9.10. The Bertz CT molecular complexity index is 356. The van der Waals surface area contributed by atoms with Crippen molar-refractivity contribution >= 4 is 15.9 Å². The number of ether oxygens (including phenoxy) is 2. The second-order valence-corrected chi connectivity index (χ2v) is 5.20. The Labute approximate surface area is 116 Å². The average molecular weight is 316 g/mol. The van der Waals surface area contributed by atoms with Gasteiger partial charge in [-0.15, -0.1) is 0 Å². The van der Waals surface area contributed by atoms with Crippen LogP contribution in [0.15, 0.2) is 28.7 Å². The lowest BCUT2D eigenvalue weighted by molar-refractivity contribution is -0.0508. The summed E-state index contributed by atoms with van der Waals surface area (Å²) in [4.78, 5) is 2.19. The summed E-state index contributed by atoms with van der Waals surface area (Å²) in [5.41, 5.74) is 0. The van der Waals surface area contributed by atoms with E-state index in [0.29, 0.717) is 19.8 Å². The van der Waals surface area contributed by atoms with Crippen molar-refractivity contribution in [2.75, 3.05) is 39.5 Å². The molecule has 2 rings (SSSR count). The maximum atomic E-state index is 8.92. The van der Waals surface area contributed by atoms with Crippen LogP contribution in [-0.4, -0.2) is 55.6 Å². The average Bonchev–Trinajstić information content (AvgIpc) is 2.39. The van der Waals surface area contributed by atoms with Crippen molar-refractivity contribution < 1.29 is 14.6 Å². The van der Waals surface area contributed by atoms with Gasteiger partial charge in [-0.3, -0.25) is 4.90 Å². The van der Waals surface area contributed by atoms with Crippen LogP contribution in [0.5, 0.6) is 5.75 Å². The van der Waals surface area contributed by atoms with E-state index < -0.39 is 0 Å². The van der Waals surface area contributed by atoms with Crippen molar-refractivity contribution in [1.29, 1.82) is 0 Å². The summed E-state index contributed by atoms with van der Waals surface area (Å²) in [6.07, 6.45) is 0.0777. The molecule has 1 aromatic carbocycles. The predicted molar refractivity (Wildman–Crippen MR) is 72.9 cm³/mol. The van der Waals surface area contributed by atoms with E-state index in [2.05, 4.69) is 20.8 Å². The molecule has 1 aliphatic rings. The van der Waals surface area contributed by atoms with Gasteiger partial charge >= 0.3 is 0 Å². The first-order valence-electron chi connectivity index (χ1n) is 6.11. The number of hydrogen-bond donors (Lipinski definition) is 1. The molecule has 1 N–H and O–H groups in total. The monoisotopic (exact) mass is 315 g/mol. The quantitative estimate of drug-likeness (QED) is 0.894. The Kier molecular flexibility index (Phi) is 5.44. The molecule has 0 unspecified atom stereocenters. The topological polar surface area (TPSA) is 41.9 Å². The van der Waals surface area contributed by atoms with E-state index in [4.69, 9.17) is 14.6 Å². The van der Waals surface area contributed by atoms with Crippen molar-refractivity contribution in [3.8, 4) is 5.75 Å². The number of aliphatic hydroxyl groups excluding tert-OH is 1. The van der Waals surface area contributed by atoms with Crippen LogP contribution in [0.2, 0.25) is 0 Å². The van der Waals surface area contributed by atoms with Crippen LogP contribution in [0.3, 0.4) is 0 Å². The van der Waals surface area contributed by atoms with Gasteiger partial charge in [0.15, 0.2) is 0 Å². The van der Waals surface area contributed by atoms with Crippen LogP contribution >= 0.6 is 15.9 Å². The minimum absolute atomic E-state index is 0.0777. The molecule has 0 saturated carbocycles. The Morgan fingerprint density at radius 1 is 1.39 bits per heavy atom. The van der Waals surface area contributed by atoms with E-state index >= 15 is 0 Å². The van der Waals surface area contributed by atoms with Gasteiger partial charge in [-0.2, -0.15) is 0 Å². The number of rotatable bonds is 5. The Morgan fingerprint density at radius 2 is 2.17 bits per heavy atom. The molecule has 4 nitrogen and oxygen atoms in total. The number of nitrogens with zero attached hydrogens (tertiary/aromatic N) is 1. The Hall–Kier alpha value is -0.620. The number of β-amino-alcohol motifs (C(OH)–C–C–N with tert-alkyl or cyclic N) is 1. The van der Waals surface area contributed by atoms with Crippen LogP contribution in [0.4, 0.5) is 0 Å². The number of hydrogen-bond acceptors (Lipinski definition) is 4. The molecule has 0 amide bonds. The Balaban J connectivity index is 1.77. The van der Waals surface area contributed by atoms with Crippen molar-refractivity contribution in [2.45, 2.75) is 6.10 Å². The first kappa shape index (κ1) is 13.8. The third-order valence-corrected chi connectivity index (χ3v) is 3.42. The van der Waals surface area contributed by atoms with Crippen molar-refractivity contribution in [3.05, 3.63) is 28.7 Å². The lowest BCUT2D eigenvalue weighted by Crippen LogP contribution is -2.45. The normalized spacial score (nSPS) is 20.9. The van der Waals surface area contributed by atoms with Gasteiger partial charge in [0.05, 0.1) is 13.2 Å². The molecule has 1 fully saturated rings. The molecule has 1 atom stereocenters. The maximum absolute atomic E-state index is 8.92. The molecule has 1 heterocycles. The fourth-order valence-corrected chi connectivity index (χ4v) is 2.21. The molecule has 0 bridgehead atoms. The van der Waals surface area contributed by atoms with E-state index in [1.54, 1.807) is 0 Å². The SMILES string of the molecule is OCCN1CCO[C@@H](COc2ccc(Br)cc2)C1. The van der Waals surface area contributed by atoms with Crippen molar-refractivity contribution in [3.63, 3.8) is 0 Å². The highest BCUT2D eigenvalue weighted by Gasteiger charge is 2.20. The van der Waals surface area contributed by atoms with Crippen LogP contribution in [0.1, 0.15) is 0 Å². The smallest absolute Gasteiger partial charge is 0.119 e. The molecule has 0 radical (unpaired) electrons. The zero-order valence-electron chi connectivity index (χ0n) is 10.2. The molecule has 1 aromatic rings. The van der Waals surface area contributed by atoms with E-state index in [1.165, 1.54) is 0 Å². The minimum atomic E-state index is 0.0777. The van der Waals surface area contributed by atoms with E-state index in [0.717, 1.165) is 23.3 Å². The summed E-state index contributed by atoms with van der Waals surface area (Å²) in [5, 5.41) is 8.92. The highest BCUT2D eigenvalue weighted by atomic mass is 79.9. The number of benzene rings is 1. The van der Waals surface area contributed by atoms with Gasteiger partial charge < -0.3 is 14.6 Å². The van der Waals surface area contributed by atoms with Crippen molar-refractivity contribution in [2.24, 2.45) is 0 Å². The number of aliphatic hydroxyl groups is 1. The summed E-state index contributed by atoms with van der Waals surface area (Å²) in [7, 11) is 0. The van der Waals surface area contributed by atoms with E-state index in [1.807, 2.05) is 24.3 Å². The highest BCUT2D eigenvalue weighted by Crippen LogP contribution is 2.17.